The lowest BCUT2D eigenvalue weighted by Crippen LogP contribution is -2.27. The Morgan fingerprint density at radius 1 is 1.00 bits per heavy atom. The van der Waals surface area contributed by atoms with Gasteiger partial charge in [0.2, 0.25) is 11.8 Å². The third-order valence-corrected chi connectivity index (χ3v) is 2.97. The normalized spacial score (nSPS) is 21.8. The molecule has 17 heavy (non-hydrogen) atoms. The third kappa shape index (κ3) is 2.46. The monoisotopic (exact) mass is 232 g/mol. The first-order chi connectivity index (χ1) is 8.08. The van der Waals surface area contributed by atoms with Gasteiger partial charge in [-0.05, 0) is 17.5 Å². The van der Waals surface area contributed by atoms with E-state index in [1.54, 1.807) is 0 Å². The Morgan fingerprint density at radius 3 is 1.76 bits per heavy atom. The number of fused-ring (bicyclic) bond motifs is 1. The summed E-state index contributed by atoms with van der Waals surface area (Å²) in [4.78, 5) is 22.3. The van der Waals surface area contributed by atoms with E-state index in [0.29, 0.717) is 0 Å². The molecule has 2 amide bonds. The highest BCUT2D eigenvalue weighted by Gasteiger charge is 2.31. The van der Waals surface area contributed by atoms with E-state index in [1.165, 1.54) is 13.8 Å². The molecule has 1 aromatic rings. The number of carbonyl (C=O) groups excluding carboxylic acids is 2. The molecule has 0 saturated heterocycles. The van der Waals surface area contributed by atoms with Crippen LogP contribution in [-0.2, 0) is 9.59 Å². The highest BCUT2D eigenvalue weighted by Crippen LogP contribution is 2.38. The molecule has 2 N–H and O–H groups in total. The lowest BCUT2D eigenvalue weighted by molar-refractivity contribution is -0.119. The van der Waals surface area contributed by atoms with E-state index >= 15 is 0 Å². The minimum absolute atomic E-state index is 0.000509. The van der Waals surface area contributed by atoms with Gasteiger partial charge in [-0.25, -0.2) is 0 Å². The standard InChI is InChI=1S/C13H16N2O2/c1-8(16)14-12-7-13(15-9(2)17)11-6-4-3-5-10(11)12/h3-6,12-13H,7H2,1-2H3,(H,14,16)(H,15,17). The molecule has 4 heteroatoms. The highest BCUT2D eigenvalue weighted by atomic mass is 16.2. The molecule has 0 fully saturated rings. The molecule has 1 aromatic carbocycles. The van der Waals surface area contributed by atoms with Gasteiger partial charge in [0.05, 0.1) is 12.1 Å². The fourth-order valence-electron chi connectivity index (χ4n) is 2.40. The summed E-state index contributed by atoms with van der Waals surface area (Å²) in [7, 11) is 0. The zero-order chi connectivity index (χ0) is 12.4. The average Bonchev–Trinajstić information content (AvgIpc) is 2.56. The van der Waals surface area contributed by atoms with E-state index in [-0.39, 0.29) is 23.9 Å². The highest BCUT2D eigenvalue weighted by molar-refractivity contribution is 5.75. The Balaban J connectivity index is 2.26. The van der Waals surface area contributed by atoms with Gasteiger partial charge in [0, 0.05) is 13.8 Å². The van der Waals surface area contributed by atoms with Gasteiger partial charge >= 0.3 is 0 Å². The van der Waals surface area contributed by atoms with Crippen LogP contribution in [0.1, 0.15) is 43.5 Å². The molecular weight excluding hydrogens is 216 g/mol. The summed E-state index contributed by atoms with van der Waals surface area (Å²) in [5, 5.41) is 5.82. The van der Waals surface area contributed by atoms with Crippen molar-refractivity contribution in [3.63, 3.8) is 0 Å². The van der Waals surface area contributed by atoms with Gasteiger partial charge < -0.3 is 10.6 Å². The van der Waals surface area contributed by atoms with Crippen LogP contribution in [0.3, 0.4) is 0 Å². The van der Waals surface area contributed by atoms with E-state index in [9.17, 15) is 9.59 Å². The summed E-state index contributed by atoms with van der Waals surface area (Å²) >= 11 is 0. The Labute approximate surface area is 100 Å². The van der Waals surface area contributed by atoms with Crippen LogP contribution in [0.4, 0.5) is 0 Å². The largest absolute Gasteiger partial charge is 0.349 e. The first kappa shape index (κ1) is 11.6. The summed E-state index contributed by atoms with van der Waals surface area (Å²) in [5.74, 6) is -0.0958. The van der Waals surface area contributed by atoms with Crippen molar-refractivity contribution in [2.24, 2.45) is 0 Å². The molecule has 2 rings (SSSR count). The van der Waals surface area contributed by atoms with Crippen LogP contribution in [-0.4, -0.2) is 11.8 Å². The van der Waals surface area contributed by atoms with E-state index in [4.69, 9.17) is 0 Å². The van der Waals surface area contributed by atoms with Crippen molar-refractivity contribution in [2.75, 3.05) is 0 Å². The lowest BCUT2D eigenvalue weighted by atomic mass is 10.1. The van der Waals surface area contributed by atoms with Gasteiger partial charge in [-0.2, -0.15) is 0 Å². The predicted octanol–water partition coefficient (Wildman–Crippen LogP) is 1.44. The molecule has 0 radical (unpaired) electrons. The second-order valence-electron chi connectivity index (χ2n) is 4.37. The fraction of sp³-hybridized carbons (Fsp3) is 0.385. The molecular formula is C13H16N2O2. The summed E-state index contributed by atoms with van der Waals surface area (Å²) in [5.41, 5.74) is 2.20. The van der Waals surface area contributed by atoms with Gasteiger partial charge in [0.15, 0.2) is 0 Å². The molecule has 0 heterocycles. The summed E-state index contributed by atoms with van der Waals surface area (Å²) < 4.78 is 0. The molecule has 0 aliphatic heterocycles. The maximum absolute atomic E-state index is 11.1. The maximum Gasteiger partial charge on any atom is 0.217 e. The maximum atomic E-state index is 11.1. The minimum Gasteiger partial charge on any atom is -0.349 e. The predicted molar refractivity (Wildman–Crippen MR) is 64.2 cm³/mol. The smallest absolute Gasteiger partial charge is 0.217 e. The number of hydrogen-bond acceptors (Lipinski definition) is 2. The van der Waals surface area contributed by atoms with E-state index in [0.717, 1.165) is 17.5 Å². The van der Waals surface area contributed by atoms with Crippen molar-refractivity contribution < 1.29 is 9.59 Å². The zero-order valence-corrected chi connectivity index (χ0v) is 9.99. The van der Waals surface area contributed by atoms with Crippen LogP contribution in [0.15, 0.2) is 24.3 Å². The summed E-state index contributed by atoms with van der Waals surface area (Å²) in [6, 6.07) is 7.89. The minimum atomic E-state index is -0.0479. The number of benzene rings is 1. The number of hydrogen-bond donors (Lipinski definition) is 2. The molecule has 1 aliphatic carbocycles. The van der Waals surface area contributed by atoms with Gasteiger partial charge in [-0.1, -0.05) is 24.3 Å². The molecule has 2 unspecified atom stereocenters. The number of nitrogens with one attached hydrogen (secondary N) is 2. The number of carbonyl (C=O) groups is 2. The second-order valence-corrected chi connectivity index (χ2v) is 4.37. The Kier molecular flexibility index (Phi) is 3.13. The van der Waals surface area contributed by atoms with Crippen molar-refractivity contribution in [2.45, 2.75) is 32.4 Å². The molecule has 4 nitrogen and oxygen atoms in total. The van der Waals surface area contributed by atoms with Gasteiger partial charge in [-0.15, -0.1) is 0 Å². The fourth-order valence-corrected chi connectivity index (χ4v) is 2.40. The molecule has 0 aromatic heterocycles. The Morgan fingerprint density at radius 2 is 1.41 bits per heavy atom. The SMILES string of the molecule is CC(=O)NC1CC(NC(C)=O)c2ccccc21. The van der Waals surface area contributed by atoms with Crippen LogP contribution in [0.25, 0.3) is 0 Å². The summed E-state index contributed by atoms with van der Waals surface area (Å²) in [6.45, 7) is 3.02. The van der Waals surface area contributed by atoms with Gasteiger partial charge in [0.25, 0.3) is 0 Å². The van der Waals surface area contributed by atoms with Crippen LogP contribution in [0.5, 0.6) is 0 Å². The van der Waals surface area contributed by atoms with Crippen LogP contribution >= 0.6 is 0 Å². The van der Waals surface area contributed by atoms with Crippen molar-refractivity contribution >= 4 is 11.8 Å². The molecule has 90 valence electrons. The lowest BCUT2D eigenvalue weighted by Gasteiger charge is -2.13. The van der Waals surface area contributed by atoms with E-state index in [1.807, 2.05) is 24.3 Å². The first-order valence-electron chi connectivity index (χ1n) is 5.71. The van der Waals surface area contributed by atoms with Crippen LogP contribution < -0.4 is 10.6 Å². The number of rotatable bonds is 2. The van der Waals surface area contributed by atoms with Crippen LogP contribution in [0, 0.1) is 0 Å². The summed E-state index contributed by atoms with van der Waals surface area (Å²) in [6.07, 6.45) is 0.721. The molecule has 2 atom stereocenters. The first-order valence-corrected chi connectivity index (χ1v) is 5.71. The van der Waals surface area contributed by atoms with Crippen molar-refractivity contribution in [3.8, 4) is 0 Å². The van der Waals surface area contributed by atoms with Crippen molar-refractivity contribution in [1.29, 1.82) is 0 Å². The van der Waals surface area contributed by atoms with Crippen molar-refractivity contribution in [3.05, 3.63) is 35.4 Å². The second kappa shape index (κ2) is 4.57. The third-order valence-electron chi connectivity index (χ3n) is 2.97. The van der Waals surface area contributed by atoms with E-state index < -0.39 is 0 Å². The van der Waals surface area contributed by atoms with Gasteiger partial charge in [-0.3, -0.25) is 9.59 Å². The molecule has 0 bridgehead atoms. The topological polar surface area (TPSA) is 58.2 Å². The number of amides is 2. The van der Waals surface area contributed by atoms with Crippen LogP contribution in [0.2, 0.25) is 0 Å². The van der Waals surface area contributed by atoms with Crippen molar-refractivity contribution in [1.82, 2.24) is 10.6 Å². The zero-order valence-electron chi connectivity index (χ0n) is 9.99. The van der Waals surface area contributed by atoms with Gasteiger partial charge in [0.1, 0.15) is 0 Å². The molecule has 1 aliphatic rings. The quantitative estimate of drug-likeness (QED) is 0.810. The van der Waals surface area contributed by atoms with E-state index in [2.05, 4.69) is 10.6 Å². The molecule has 0 saturated carbocycles. The molecule has 0 spiro atoms. The average molecular weight is 232 g/mol. The Bertz CT molecular complexity index is 415. The Hall–Kier alpha value is -1.84.